The Morgan fingerprint density at radius 1 is 1.37 bits per heavy atom. The highest BCUT2D eigenvalue weighted by Crippen LogP contribution is 2.19. The fourth-order valence-corrected chi connectivity index (χ4v) is 1.84. The first-order valence-electron chi connectivity index (χ1n) is 6.11. The van der Waals surface area contributed by atoms with Crippen molar-refractivity contribution >= 4 is 11.6 Å². The molecule has 2 aromatic rings. The van der Waals surface area contributed by atoms with Crippen LogP contribution in [0.5, 0.6) is 0 Å². The molecule has 0 aliphatic carbocycles. The topological polar surface area (TPSA) is 58.0 Å². The second kappa shape index (κ2) is 6.61. The minimum absolute atomic E-state index is 0.0807. The minimum Gasteiger partial charge on any atom is -0.395 e. The lowest BCUT2D eigenvalue weighted by atomic mass is 10.1. The number of rotatable bonds is 5. The number of halogens is 1. The zero-order chi connectivity index (χ0) is 13.7. The molecule has 0 radical (unpaired) electrons. The van der Waals surface area contributed by atoms with Gasteiger partial charge in [-0.25, -0.2) is 9.97 Å². The van der Waals surface area contributed by atoms with Crippen molar-refractivity contribution < 1.29 is 5.11 Å². The van der Waals surface area contributed by atoms with E-state index in [1.54, 1.807) is 6.20 Å². The molecular weight excluding hydrogens is 262 g/mol. The van der Waals surface area contributed by atoms with Crippen molar-refractivity contribution in [2.24, 2.45) is 0 Å². The van der Waals surface area contributed by atoms with E-state index in [-0.39, 0.29) is 17.9 Å². The lowest BCUT2D eigenvalue weighted by molar-refractivity contribution is 0.251. The molecule has 2 N–H and O–H groups in total. The van der Waals surface area contributed by atoms with E-state index in [1.807, 2.05) is 31.2 Å². The molecule has 2 rings (SSSR count). The maximum absolute atomic E-state index is 8.98. The highest BCUT2D eigenvalue weighted by Gasteiger charge is 2.03. The standard InChI is InChI=1S/C14H16ClN3O/c1-10(9-19)17-8-11-3-2-4-12(7-11)13-5-6-16-14(15)18-13/h2-7,10,17,19H,8-9H2,1H3. The molecule has 0 fully saturated rings. The second-order valence-corrected chi connectivity index (χ2v) is 4.71. The predicted octanol–water partition coefficient (Wildman–Crippen LogP) is 2.27. The second-order valence-electron chi connectivity index (χ2n) is 4.38. The quantitative estimate of drug-likeness (QED) is 0.823. The van der Waals surface area contributed by atoms with E-state index in [2.05, 4.69) is 21.4 Å². The molecule has 0 amide bonds. The number of aliphatic hydroxyl groups is 1. The average molecular weight is 278 g/mol. The Kier molecular flexibility index (Phi) is 4.85. The zero-order valence-corrected chi connectivity index (χ0v) is 11.4. The Bertz CT molecular complexity index is 548. The van der Waals surface area contributed by atoms with Gasteiger partial charge in [-0.2, -0.15) is 0 Å². The number of nitrogens with one attached hydrogen (secondary N) is 1. The molecule has 1 aromatic carbocycles. The van der Waals surface area contributed by atoms with Crippen LogP contribution in [0.3, 0.4) is 0 Å². The Balaban J connectivity index is 2.15. The van der Waals surface area contributed by atoms with E-state index in [0.29, 0.717) is 6.54 Å². The maximum Gasteiger partial charge on any atom is 0.222 e. The Hall–Kier alpha value is -1.49. The monoisotopic (exact) mass is 277 g/mol. The molecule has 19 heavy (non-hydrogen) atoms. The summed E-state index contributed by atoms with van der Waals surface area (Å²) in [6, 6.07) is 9.95. The van der Waals surface area contributed by atoms with E-state index < -0.39 is 0 Å². The summed E-state index contributed by atoms with van der Waals surface area (Å²) in [6.07, 6.45) is 1.64. The third-order valence-corrected chi connectivity index (χ3v) is 2.96. The summed E-state index contributed by atoms with van der Waals surface area (Å²) in [7, 11) is 0. The normalized spacial score (nSPS) is 12.4. The molecule has 100 valence electrons. The van der Waals surface area contributed by atoms with E-state index in [1.165, 1.54) is 0 Å². The highest BCUT2D eigenvalue weighted by molar-refractivity contribution is 6.28. The smallest absolute Gasteiger partial charge is 0.222 e. The van der Waals surface area contributed by atoms with Gasteiger partial charge in [-0.1, -0.05) is 18.2 Å². The molecule has 0 saturated carbocycles. The third-order valence-electron chi connectivity index (χ3n) is 2.78. The van der Waals surface area contributed by atoms with Crippen LogP contribution in [0.15, 0.2) is 36.5 Å². The van der Waals surface area contributed by atoms with Gasteiger partial charge in [0, 0.05) is 24.3 Å². The molecule has 5 heteroatoms. The molecule has 0 spiro atoms. The number of aromatic nitrogens is 2. The maximum atomic E-state index is 8.98. The van der Waals surface area contributed by atoms with E-state index in [4.69, 9.17) is 16.7 Å². The summed E-state index contributed by atoms with van der Waals surface area (Å²) in [5, 5.41) is 12.5. The Morgan fingerprint density at radius 3 is 2.95 bits per heavy atom. The number of aliphatic hydroxyl groups excluding tert-OH is 1. The first-order valence-corrected chi connectivity index (χ1v) is 6.49. The summed E-state index contributed by atoms with van der Waals surface area (Å²) in [4.78, 5) is 8.06. The largest absolute Gasteiger partial charge is 0.395 e. The summed E-state index contributed by atoms with van der Waals surface area (Å²) in [6.45, 7) is 2.77. The predicted molar refractivity (Wildman–Crippen MR) is 75.9 cm³/mol. The van der Waals surface area contributed by atoms with Crippen molar-refractivity contribution in [1.29, 1.82) is 0 Å². The first kappa shape index (κ1) is 13.9. The number of benzene rings is 1. The van der Waals surface area contributed by atoms with Crippen LogP contribution < -0.4 is 5.32 Å². The van der Waals surface area contributed by atoms with E-state index >= 15 is 0 Å². The van der Waals surface area contributed by atoms with Crippen molar-refractivity contribution in [2.45, 2.75) is 19.5 Å². The van der Waals surface area contributed by atoms with Crippen LogP contribution in [0, 0.1) is 0 Å². The molecule has 0 saturated heterocycles. The number of hydrogen-bond donors (Lipinski definition) is 2. The fourth-order valence-electron chi connectivity index (χ4n) is 1.69. The first-order chi connectivity index (χ1) is 9.19. The number of hydrogen-bond acceptors (Lipinski definition) is 4. The van der Waals surface area contributed by atoms with Gasteiger partial charge in [-0.15, -0.1) is 0 Å². The van der Waals surface area contributed by atoms with Crippen molar-refractivity contribution in [1.82, 2.24) is 15.3 Å². The molecule has 0 bridgehead atoms. The van der Waals surface area contributed by atoms with Crippen LogP contribution in [-0.2, 0) is 6.54 Å². The summed E-state index contributed by atoms with van der Waals surface area (Å²) < 4.78 is 0. The van der Waals surface area contributed by atoms with Crippen LogP contribution >= 0.6 is 11.6 Å². The molecule has 1 atom stereocenters. The molecule has 1 aromatic heterocycles. The minimum atomic E-state index is 0.0807. The lowest BCUT2D eigenvalue weighted by Gasteiger charge is -2.11. The van der Waals surface area contributed by atoms with Gasteiger partial charge >= 0.3 is 0 Å². The molecule has 1 unspecified atom stereocenters. The average Bonchev–Trinajstić information content (AvgIpc) is 2.45. The van der Waals surface area contributed by atoms with Crippen LogP contribution in [0.1, 0.15) is 12.5 Å². The van der Waals surface area contributed by atoms with Gasteiger partial charge in [-0.3, -0.25) is 0 Å². The van der Waals surface area contributed by atoms with Gasteiger partial charge in [-0.05, 0) is 36.2 Å². The molecule has 1 heterocycles. The molecule has 4 nitrogen and oxygen atoms in total. The highest BCUT2D eigenvalue weighted by atomic mass is 35.5. The van der Waals surface area contributed by atoms with E-state index in [0.717, 1.165) is 16.8 Å². The third kappa shape index (κ3) is 3.99. The molecular formula is C14H16ClN3O. The van der Waals surface area contributed by atoms with E-state index in [9.17, 15) is 0 Å². The lowest BCUT2D eigenvalue weighted by Crippen LogP contribution is -2.28. The summed E-state index contributed by atoms with van der Waals surface area (Å²) in [5.41, 5.74) is 2.94. The summed E-state index contributed by atoms with van der Waals surface area (Å²) in [5.74, 6) is 0. The van der Waals surface area contributed by atoms with Gasteiger partial charge in [0.05, 0.1) is 12.3 Å². The van der Waals surface area contributed by atoms with Crippen molar-refractivity contribution in [3.63, 3.8) is 0 Å². The van der Waals surface area contributed by atoms with Crippen LogP contribution in [0.25, 0.3) is 11.3 Å². The van der Waals surface area contributed by atoms with Crippen molar-refractivity contribution in [2.75, 3.05) is 6.61 Å². The Labute approximate surface area is 117 Å². The van der Waals surface area contributed by atoms with Gasteiger partial charge in [0.15, 0.2) is 0 Å². The van der Waals surface area contributed by atoms with Crippen LogP contribution in [0.2, 0.25) is 5.28 Å². The Morgan fingerprint density at radius 2 is 2.21 bits per heavy atom. The fraction of sp³-hybridized carbons (Fsp3) is 0.286. The van der Waals surface area contributed by atoms with Gasteiger partial charge in [0.1, 0.15) is 0 Å². The van der Waals surface area contributed by atoms with Crippen molar-refractivity contribution in [3.8, 4) is 11.3 Å². The van der Waals surface area contributed by atoms with Gasteiger partial charge in [0.2, 0.25) is 5.28 Å². The van der Waals surface area contributed by atoms with Crippen molar-refractivity contribution in [3.05, 3.63) is 47.4 Å². The van der Waals surface area contributed by atoms with Gasteiger partial charge < -0.3 is 10.4 Å². The number of nitrogens with zero attached hydrogens (tertiary/aromatic N) is 2. The van der Waals surface area contributed by atoms with Crippen LogP contribution in [-0.4, -0.2) is 27.7 Å². The SMILES string of the molecule is CC(CO)NCc1cccc(-c2ccnc(Cl)n2)c1. The summed E-state index contributed by atoms with van der Waals surface area (Å²) >= 11 is 5.79. The molecule has 0 aliphatic rings. The van der Waals surface area contributed by atoms with Gasteiger partial charge in [0.25, 0.3) is 0 Å². The van der Waals surface area contributed by atoms with Crippen LogP contribution in [0.4, 0.5) is 0 Å². The zero-order valence-electron chi connectivity index (χ0n) is 10.7. The molecule has 0 aliphatic heterocycles.